The first kappa shape index (κ1) is 13.2. The summed E-state index contributed by atoms with van der Waals surface area (Å²) >= 11 is 6.75. The summed E-state index contributed by atoms with van der Waals surface area (Å²) in [6.45, 7) is -0.367. The molecule has 16 heavy (non-hydrogen) atoms. The molecule has 0 aliphatic carbocycles. The Bertz CT molecular complexity index is 388. The third-order valence-electron chi connectivity index (χ3n) is 1.76. The number of rotatable bonds is 5. The lowest BCUT2D eigenvalue weighted by Crippen LogP contribution is -2.14. The van der Waals surface area contributed by atoms with Gasteiger partial charge >= 0.3 is 0 Å². The van der Waals surface area contributed by atoms with Crippen molar-refractivity contribution in [1.82, 2.24) is 0 Å². The molecule has 1 aromatic carbocycles. The normalized spacial score (nSPS) is 12.4. The molecule has 0 aliphatic rings. The number of nitrogens with zero attached hydrogens (tertiary/aromatic N) is 1. The van der Waals surface area contributed by atoms with Gasteiger partial charge in [-0.25, -0.2) is 0 Å². The number of nitro benzene ring substituents is 1. The molecule has 0 bridgehead atoms. The van der Waals surface area contributed by atoms with Gasteiger partial charge in [0.2, 0.25) is 0 Å². The van der Waals surface area contributed by atoms with Crippen LogP contribution in [0.5, 0.6) is 0 Å². The number of halogens is 1. The zero-order valence-electron chi connectivity index (χ0n) is 8.17. The molecule has 88 valence electrons. The Morgan fingerprint density at radius 3 is 2.81 bits per heavy atom. The number of benzene rings is 1. The Morgan fingerprint density at radius 2 is 2.25 bits per heavy atom. The van der Waals surface area contributed by atoms with Crippen molar-refractivity contribution < 1.29 is 15.1 Å². The molecular weight excluding hydrogens is 254 g/mol. The molecule has 0 fully saturated rings. The Kier molecular flexibility index (Phi) is 5.01. The summed E-state index contributed by atoms with van der Waals surface area (Å²) in [5.74, 6) is 0.193. The highest BCUT2D eigenvalue weighted by atomic mass is 35.5. The minimum atomic E-state index is -0.889. The first-order valence-corrected chi connectivity index (χ1v) is 5.76. The molecule has 1 unspecified atom stereocenters. The SMILES string of the molecule is O=[N+]([O-])c1cc(Cl)ccc1SCC(O)CO. The van der Waals surface area contributed by atoms with E-state index in [-0.39, 0.29) is 18.0 Å². The molecule has 7 heteroatoms. The summed E-state index contributed by atoms with van der Waals surface area (Å²) in [7, 11) is 0. The van der Waals surface area contributed by atoms with E-state index in [2.05, 4.69) is 0 Å². The second kappa shape index (κ2) is 6.05. The Labute approximate surface area is 101 Å². The van der Waals surface area contributed by atoms with E-state index in [9.17, 15) is 10.1 Å². The third kappa shape index (κ3) is 3.64. The number of hydrogen-bond donors (Lipinski definition) is 2. The van der Waals surface area contributed by atoms with Crippen LogP contribution in [0.25, 0.3) is 0 Å². The molecule has 1 aromatic rings. The predicted octanol–water partition coefficient (Wildman–Crippen LogP) is 1.69. The van der Waals surface area contributed by atoms with Gasteiger partial charge in [-0.2, -0.15) is 0 Å². The molecule has 1 rings (SSSR count). The molecule has 0 amide bonds. The molecule has 0 saturated carbocycles. The zero-order valence-corrected chi connectivity index (χ0v) is 9.74. The van der Waals surface area contributed by atoms with Gasteiger partial charge in [-0.1, -0.05) is 11.6 Å². The lowest BCUT2D eigenvalue weighted by molar-refractivity contribution is -0.387. The van der Waals surface area contributed by atoms with Gasteiger partial charge in [0, 0.05) is 16.8 Å². The van der Waals surface area contributed by atoms with E-state index in [4.69, 9.17) is 21.8 Å². The van der Waals surface area contributed by atoms with Crippen LogP contribution in [0.15, 0.2) is 23.1 Å². The highest BCUT2D eigenvalue weighted by Crippen LogP contribution is 2.31. The van der Waals surface area contributed by atoms with Gasteiger partial charge < -0.3 is 10.2 Å². The molecule has 0 spiro atoms. The number of nitro groups is 1. The maximum atomic E-state index is 10.7. The maximum absolute atomic E-state index is 10.7. The average Bonchev–Trinajstić information content (AvgIpc) is 2.26. The fraction of sp³-hybridized carbons (Fsp3) is 0.333. The van der Waals surface area contributed by atoms with Gasteiger partial charge in [0.25, 0.3) is 5.69 Å². The van der Waals surface area contributed by atoms with Gasteiger partial charge in [-0.15, -0.1) is 11.8 Å². The predicted molar refractivity (Wildman–Crippen MR) is 61.9 cm³/mol. The number of aliphatic hydroxyl groups excluding tert-OH is 2. The van der Waals surface area contributed by atoms with Gasteiger partial charge in [-0.3, -0.25) is 10.1 Å². The van der Waals surface area contributed by atoms with Crippen LogP contribution < -0.4 is 0 Å². The molecule has 0 radical (unpaired) electrons. The molecule has 0 aromatic heterocycles. The highest BCUT2D eigenvalue weighted by Gasteiger charge is 2.15. The summed E-state index contributed by atoms with van der Waals surface area (Å²) < 4.78 is 0. The van der Waals surface area contributed by atoms with E-state index in [1.807, 2.05) is 0 Å². The topological polar surface area (TPSA) is 83.6 Å². The van der Waals surface area contributed by atoms with Gasteiger partial charge in [0.15, 0.2) is 0 Å². The van der Waals surface area contributed by atoms with Crippen LogP contribution in [-0.2, 0) is 0 Å². The summed E-state index contributed by atoms with van der Waals surface area (Å²) in [4.78, 5) is 10.6. The fourth-order valence-electron chi connectivity index (χ4n) is 0.994. The number of hydrogen-bond acceptors (Lipinski definition) is 5. The van der Waals surface area contributed by atoms with E-state index < -0.39 is 11.0 Å². The second-order valence-electron chi connectivity index (χ2n) is 3.02. The molecule has 0 heterocycles. The van der Waals surface area contributed by atoms with Crippen LogP contribution in [0, 0.1) is 10.1 Å². The Hall–Kier alpha value is -0.820. The van der Waals surface area contributed by atoms with Gasteiger partial charge in [-0.05, 0) is 12.1 Å². The first-order valence-electron chi connectivity index (χ1n) is 4.40. The van der Waals surface area contributed by atoms with E-state index in [0.29, 0.717) is 9.92 Å². The van der Waals surface area contributed by atoms with E-state index in [0.717, 1.165) is 11.8 Å². The van der Waals surface area contributed by atoms with Crippen LogP contribution in [0.1, 0.15) is 0 Å². The summed E-state index contributed by atoms with van der Waals surface area (Å²) in [6.07, 6.45) is -0.889. The molecule has 2 N–H and O–H groups in total. The molecule has 0 saturated heterocycles. The fourth-order valence-corrected chi connectivity index (χ4v) is 2.08. The average molecular weight is 264 g/mol. The lowest BCUT2D eigenvalue weighted by Gasteiger charge is -2.06. The van der Waals surface area contributed by atoms with Crippen LogP contribution >= 0.6 is 23.4 Å². The van der Waals surface area contributed by atoms with Crippen molar-refractivity contribution in [2.75, 3.05) is 12.4 Å². The minimum absolute atomic E-state index is 0.0948. The van der Waals surface area contributed by atoms with E-state index in [1.165, 1.54) is 12.1 Å². The van der Waals surface area contributed by atoms with Crippen LogP contribution in [0.3, 0.4) is 0 Å². The van der Waals surface area contributed by atoms with Crippen molar-refractivity contribution in [3.63, 3.8) is 0 Å². The quantitative estimate of drug-likeness (QED) is 0.480. The van der Waals surface area contributed by atoms with Crippen molar-refractivity contribution in [3.05, 3.63) is 33.3 Å². The monoisotopic (exact) mass is 263 g/mol. The maximum Gasteiger partial charge on any atom is 0.284 e. The smallest absolute Gasteiger partial charge is 0.284 e. The van der Waals surface area contributed by atoms with Crippen LogP contribution in [0.4, 0.5) is 5.69 Å². The van der Waals surface area contributed by atoms with Gasteiger partial charge in [0.05, 0.1) is 22.5 Å². The summed E-state index contributed by atoms with van der Waals surface area (Å²) in [5, 5.41) is 28.8. The lowest BCUT2D eigenvalue weighted by atomic mass is 10.3. The van der Waals surface area contributed by atoms with Crippen molar-refractivity contribution in [2.45, 2.75) is 11.0 Å². The van der Waals surface area contributed by atoms with Gasteiger partial charge in [0.1, 0.15) is 0 Å². The van der Waals surface area contributed by atoms with Crippen molar-refractivity contribution >= 4 is 29.1 Å². The number of thioether (sulfide) groups is 1. The Morgan fingerprint density at radius 1 is 1.56 bits per heavy atom. The van der Waals surface area contributed by atoms with Crippen molar-refractivity contribution in [3.8, 4) is 0 Å². The largest absolute Gasteiger partial charge is 0.394 e. The molecule has 5 nitrogen and oxygen atoms in total. The highest BCUT2D eigenvalue weighted by molar-refractivity contribution is 7.99. The first-order chi connectivity index (χ1) is 7.54. The van der Waals surface area contributed by atoms with Crippen LogP contribution in [0.2, 0.25) is 5.02 Å². The second-order valence-corrected chi connectivity index (χ2v) is 4.51. The minimum Gasteiger partial charge on any atom is -0.394 e. The van der Waals surface area contributed by atoms with E-state index >= 15 is 0 Å². The zero-order chi connectivity index (χ0) is 12.1. The molecular formula is C9H10ClNO4S. The van der Waals surface area contributed by atoms with E-state index in [1.54, 1.807) is 6.07 Å². The standard InChI is InChI=1S/C9H10ClNO4S/c10-6-1-2-9(8(3-6)11(14)15)16-5-7(13)4-12/h1-3,7,12-13H,4-5H2. The Balaban J connectivity index is 2.82. The molecule has 1 atom stereocenters. The summed E-state index contributed by atoms with van der Waals surface area (Å²) in [6, 6.07) is 4.33. The summed E-state index contributed by atoms with van der Waals surface area (Å²) in [5.41, 5.74) is -0.0948. The number of aliphatic hydroxyl groups is 2. The van der Waals surface area contributed by atoms with Crippen LogP contribution in [-0.4, -0.2) is 33.6 Å². The van der Waals surface area contributed by atoms with Crippen molar-refractivity contribution in [1.29, 1.82) is 0 Å². The molecule has 0 aliphatic heterocycles. The van der Waals surface area contributed by atoms with Crippen molar-refractivity contribution in [2.24, 2.45) is 0 Å². The third-order valence-corrected chi connectivity index (χ3v) is 3.20.